The van der Waals surface area contributed by atoms with Gasteiger partial charge in [-0.05, 0) is 17.7 Å². The molecule has 14 heavy (non-hydrogen) atoms. The van der Waals surface area contributed by atoms with Crippen LogP contribution in [-0.4, -0.2) is 12.3 Å². The van der Waals surface area contributed by atoms with Crippen molar-refractivity contribution in [2.24, 2.45) is 0 Å². The molecule has 1 aromatic rings. The fourth-order valence-corrected chi connectivity index (χ4v) is 1.08. The van der Waals surface area contributed by atoms with Crippen LogP contribution < -0.4 is 4.74 Å². The van der Waals surface area contributed by atoms with E-state index in [4.69, 9.17) is 4.74 Å². The van der Waals surface area contributed by atoms with Crippen LogP contribution in [0.3, 0.4) is 0 Å². The summed E-state index contributed by atoms with van der Waals surface area (Å²) < 4.78 is 4.86. The maximum Gasteiger partial charge on any atom is 0.308 e. The summed E-state index contributed by atoms with van der Waals surface area (Å²) in [5, 5.41) is 0. The third-order valence-corrected chi connectivity index (χ3v) is 1.87. The molecule has 0 unspecified atom stereocenters. The number of hydrogen-bond donors (Lipinski definition) is 0. The minimum atomic E-state index is -0.346. The number of ether oxygens (including phenoxy) is 1. The lowest BCUT2D eigenvalue weighted by atomic mass is 10.0. The first kappa shape index (κ1) is 10.4. The highest BCUT2D eigenvalue weighted by Gasteiger charge is 2.03. The highest BCUT2D eigenvalue weighted by atomic mass is 16.5. The molecule has 0 aromatic heterocycles. The molecule has 1 rings (SSSR count). The largest absolute Gasteiger partial charge is 0.427 e. The van der Waals surface area contributed by atoms with Gasteiger partial charge in [0.05, 0.1) is 0 Å². The van der Waals surface area contributed by atoms with Crippen molar-refractivity contribution in [1.29, 1.82) is 0 Å². The number of aldehydes is 1. The molecule has 0 bridgehead atoms. The zero-order valence-corrected chi connectivity index (χ0v) is 8.19. The molecule has 0 saturated carbocycles. The number of hydrogen-bond acceptors (Lipinski definition) is 3. The summed E-state index contributed by atoms with van der Waals surface area (Å²) >= 11 is 0. The second-order valence-electron chi connectivity index (χ2n) is 3.09. The summed E-state index contributed by atoms with van der Waals surface area (Å²) in [5.41, 5.74) is 0.913. The van der Waals surface area contributed by atoms with Crippen molar-refractivity contribution in [3.05, 3.63) is 29.8 Å². The monoisotopic (exact) mass is 192 g/mol. The molecule has 0 aliphatic rings. The van der Waals surface area contributed by atoms with Crippen LogP contribution in [0.5, 0.6) is 5.75 Å². The minimum Gasteiger partial charge on any atom is -0.427 e. The summed E-state index contributed by atoms with van der Waals surface area (Å²) in [7, 11) is 0. The Balaban J connectivity index is 2.78. The van der Waals surface area contributed by atoms with Gasteiger partial charge in [-0.2, -0.15) is 0 Å². The number of rotatable bonds is 3. The Bertz CT molecular complexity index is 327. The lowest BCUT2D eigenvalue weighted by Gasteiger charge is -2.05. The van der Waals surface area contributed by atoms with E-state index < -0.39 is 0 Å². The molecule has 0 spiro atoms. The average Bonchev–Trinajstić information content (AvgIpc) is 2.17. The van der Waals surface area contributed by atoms with Gasteiger partial charge >= 0.3 is 5.97 Å². The third kappa shape index (κ3) is 2.69. The molecule has 1 atom stereocenters. The predicted molar refractivity (Wildman–Crippen MR) is 52.2 cm³/mol. The van der Waals surface area contributed by atoms with E-state index in [1.807, 2.05) is 6.92 Å². The first-order chi connectivity index (χ1) is 6.63. The number of esters is 1. The van der Waals surface area contributed by atoms with E-state index in [1.165, 1.54) is 6.92 Å². The van der Waals surface area contributed by atoms with Crippen LogP contribution in [-0.2, 0) is 9.59 Å². The second kappa shape index (κ2) is 4.56. The van der Waals surface area contributed by atoms with Gasteiger partial charge in [0, 0.05) is 12.8 Å². The lowest BCUT2D eigenvalue weighted by molar-refractivity contribution is -0.131. The Labute approximate surface area is 82.7 Å². The summed E-state index contributed by atoms with van der Waals surface area (Å²) in [5.74, 6) is 0.0295. The average molecular weight is 192 g/mol. The Morgan fingerprint density at radius 2 is 1.93 bits per heavy atom. The van der Waals surface area contributed by atoms with E-state index >= 15 is 0 Å². The molecule has 0 heterocycles. The molecule has 3 heteroatoms. The smallest absolute Gasteiger partial charge is 0.308 e. The van der Waals surface area contributed by atoms with E-state index in [9.17, 15) is 9.59 Å². The van der Waals surface area contributed by atoms with Gasteiger partial charge in [-0.3, -0.25) is 4.79 Å². The molecule has 0 N–H and O–H groups in total. The van der Waals surface area contributed by atoms with Crippen molar-refractivity contribution >= 4 is 12.3 Å². The van der Waals surface area contributed by atoms with Crippen LogP contribution in [0.25, 0.3) is 0 Å². The first-order valence-corrected chi connectivity index (χ1v) is 4.37. The first-order valence-electron chi connectivity index (χ1n) is 4.37. The molecule has 3 nitrogen and oxygen atoms in total. The highest BCUT2D eigenvalue weighted by Crippen LogP contribution is 2.17. The summed E-state index contributed by atoms with van der Waals surface area (Å²) in [6, 6.07) is 6.90. The Hall–Kier alpha value is -1.64. The Morgan fingerprint density at radius 3 is 2.36 bits per heavy atom. The maximum atomic E-state index is 10.6. The van der Waals surface area contributed by atoms with Crippen molar-refractivity contribution < 1.29 is 14.3 Å². The van der Waals surface area contributed by atoms with E-state index in [-0.39, 0.29) is 11.9 Å². The van der Waals surface area contributed by atoms with Gasteiger partial charge in [0.25, 0.3) is 0 Å². The topological polar surface area (TPSA) is 43.4 Å². The van der Waals surface area contributed by atoms with Gasteiger partial charge in [0.15, 0.2) is 0 Å². The van der Waals surface area contributed by atoms with Crippen LogP contribution in [0.15, 0.2) is 24.3 Å². The van der Waals surface area contributed by atoms with Crippen molar-refractivity contribution in [3.8, 4) is 5.75 Å². The maximum absolute atomic E-state index is 10.6. The third-order valence-electron chi connectivity index (χ3n) is 1.87. The van der Waals surface area contributed by atoms with Gasteiger partial charge in [0.1, 0.15) is 12.0 Å². The fraction of sp³-hybridized carbons (Fsp3) is 0.273. The minimum absolute atomic E-state index is 0.124. The molecular formula is C11H12O3. The molecule has 0 aliphatic carbocycles. The van der Waals surface area contributed by atoms with Gasteiger partial charge in [-0.1, -0.05) is 19.1 Å². The second-order valence-corrected chi connectivity index (χ2v) is 3.09. The quantitative estimate of drug-likeness (QED) is 0.417. The molecule has 0 aliphatic heterocycles. The van der Waals surface area contributed by atoms with Crippen LogP contribution in [0.1, 0.15) is 25.3 Å². The molecule has 0 amide bonds. The normalized spacial score (nSPS) is 11.9. The lowest BCUT2D eigenvalue weighted by Crippen LogP contribution is -2.01. The van der Waals surface area contributed by atoms with Gasteiger partial charge < -0.3 is 9.53 Å². The van der Waals surface area contributed by atoms with Gasteiger partial charge in [-0.25, -0.2) is 0 Å². The van der Waals surface area contributed by atoms with Crippen molar-refractivity contribution in [2.45, 2.75) is 19.8 Å². The van der Waals surface area contributed by atoms with Crippen LogP contribution >= 0.6 is 0 Å². The summed E-state index contributed by atoms with van der Waals surface area (Å²) in [4.78, 5) is 21.1. The molecule has 74 valence electrons. The van der Waals surface area contributed by atoms with Crippen LogP contribution in [0.2, 0.25) is 0 Å². The molecular weight excluding hydrogens is 180 g/mol. The van der Waals surface area contributed by atoms with Crippen LogP contribution in [0, 0.1) is 0 Å². The zero-order chi connectivity index (χ0) is 10.6. The molecule has 1 aromatic carbocycles. The summed E-state index contributed by atoms with van der Waals surface area (Å²) in [6.45, 7) is 3.16. The number of carbonyl (C=O) groups excluding carboxylic acids is 2. The molecule has 0 saturated heterocycles. The van der Waals surface area contributed by atoms with Gasteiger partial charge in [-0.15, -0.1) is 0 Å². The molecule has 0 fully saturated rings. The SMILES string of the molecule is CC(=O)Oc1ccc([C@H](C)C=O)cc1. The van der Waals surface area contributed by atoms with E-state index in [0.29, 0.717) is 5.75 Å². The van der Waals surface area contributed by atoms with Gasteiger partial charge in [0.2, 0.25) is 0 Å². The van der Waals surface area contributed by atoms with Crippen molar-refractivity contribution in [2.75, 3.05) is 0 Å². The van der Waals surface area contributed by atoms with Crippen molar-refractivity contribution in [3.63, 3.8) is 0 Å². The standard InChI is InChI=1S/C11H12O3/c1-8(7-12)10-3-5-11(6-4-10)14-9(2)13/h3-8H,1-2H3/t8-/m1/s1. The zero-order valence-electron chi connectivity index (χ0n) is 8.19. The Kier molecular flexibility index (Phi) is 3.40. The van der Waals surface area contributed by atoms with E-state index in [1.54, 1.807) is 24.3 Å². The number of benzene rings is 1. The number of carbonyl (C=O) groups is 2. The Morgan fingerprint density at radius 1 is 1.36 bits per heavy atom. The molecule has 0 radical (unpaired) electrons. The van der Waals surface area contributed by atoms with Crippen LogP contribution in [0.4, 0.5) is 0 Å². The summed E-state index contributed by atoms with van der Waals surface area (Å²) in [6.07, 6.45) is 0.876. The van der Waals surface area contributed by atoms with E-state index in [0.717, 1.165) is 11.8 Å². The highest BCUT2D eigenvalue weighted by molar-refractivity contribution is 5.69. The predicted octanol–water partition coefficient (Wildman–Crippen LogP) is 1.91. The van der Waals surface area contributed by atoms with Crippen molar-refractivity contribution in [1.82, 2.24) is 0 Å². The van der Waals surface area contributed by atoms with E-state index in [2.05, 4.69) is 0 Å². The fourth-order valence-electron chi connectivity index (χ4n) is 1.08.